The third-order valence-electron chi connectivity index (χ3n) is 6.56. The minimum atomic E-state index is -0.200. The monoisotopic (exact) mass is 424 g/mol. The number of likely N-dealkylation sites (tertiary alicyclic amines) is 1. The Labute approximate surface area is 191 Å². The van der Waals surface area contributed by atoms with Crippen LogP contribution < -0.4 is 5.73 Å². The van der Waals surface area contributed by atoms with Crippen LogP contribution in [-0.2, 0) is 11.3 Å². The number of piperidine rings is 1. The second-order valence-corrected chi connectivity index (χ2v) is 8.79. The average Bonchev–Trinajstić information content (AvgIpc) is 2.80. The van der Waals surface area contributed by atoms with Crippen molar-refractivity contribution in [2.24, 2.45) is 5.73 Å². The maximum absolute atomic E-state index is 11.8. The topological polar surface area (TPSA) is 46.3 Å². The van der Waals surface area contributed by atoms with Crippen molar-refractivity contribution in [2.75, 3.05) is 6.54 Å². The fourth-order valence-corrected chi connectivity index (χ4v) is 4.70. The van der Waals surface area contributed by atoms with Crippen LogP contribution in [0.3, 0.4) is 0 Å². The first-order valence-electron chi connectivity index (χ1n) is 11.5. The van der Waals surface area contributed by atoms with Crippen molar-refractivity contribution in [3.05, 3.63) is 94.5 Å². The van der Waals surface area contributed by atoms with Crippen LogP contribution in [0.15, 0.2) is 66.7 Å². The largest absolute Gasteiger partial charge is 0.368 e. The molecule has 0 spiro atoms. The second kappa shape index (κ2) is 9.97. The van der Waals surface area contributed by atoms with Crippen molar-refractivity contribution >= 4 is 18.1 Å². The van der Waals surface area contributed by atoms with Gasteiger partial charge in [0, 0.05) is 6.54 Å². The fourth-order valence-electron chi connectivity index (χ4n) is 4.70. The molecule has 1 amide bonds. The molecule has 1 aliphatic heterocycles. The Kier molecular flexibility index (Phi) is 6.87. The summed E-state index contributed by atoms with van der Waals surface area (Å²) in [6.45, 7) is 6.05. The standard InChI is InChI=1S/C29H32N2O/c1-21-19-23(20-31-18-7-6-13-28(31)29(30)32)14-15-24(21)16-17-25-11-8-12-27(22(25)2)26-9-4-3-5-10-26/h3-5,8-12,14-17,19,28H,6-7,13,18,20H2,1-2H3,(H2,30,32)/b17-16+. The van der Waals surface area contributed by atoms with Crippen molar-refractivity contribution in [1.82, 2.24) is 4.90 Å². The van der Waals surface area contributed by atoms with Gasteiger partial charge in [0.1, 0.15) is 0 Å². The molecule has 1 saturated heterocycles. The molecule has 0 saturated carbocycles. The summed E-state index contributed by atoms with van der Waals surface area (Å²) >= 11 is 0. The molecule has 3 heteroatoms. The minimum Gasteiger partial charge on any atom is -0.368 e. The van der Waals surface area contributed by atoms with Crippen LogP contribution in [0, 0.1) is 13.8 Å². The van der Waals surface area contributed by atoms with Gasteiger partial charge in [0.05, 0.1) is 6.04 Å². The highest BCUT2D eigenvalue weighted by Crippen LogP contribution is 2.27. The number of hydrogen-bond acceptors (Lipinski definition) is 2. The Hall–Kier alpha value is -3.17. The second-order valence-electron chi connectivity index (χ2n) is 8.79. The number of rotatable bonds is 6. The van der Waals surface area contributed by atoms with E-state index in [2.05, 4.69) is 91.6 Å². The fraction of sp³-hybridized carbons (Fsp3) is 0.276. The lowest BCUT2D eigenvalue weighted by Gasteiger charge is -2.33. The lowest BCUT2D eigenvalue weighted by Crippen LogP contribution is -2.47. The van der Waals surface area contributed by atoms with Gasteiger partial charge in [0.15, 0.2) is 0 Å². The zero-order valence-electron chi connectivity index (χ0n) is 19.1. The average molecular weight is 425 g/mol. The lowest BCUT2D eigenvalue weighted by molar-refractivity contribution is -0.124. The van der Waals surface area contributed by atoms with Gasteiger partial charge in [-0.1, -0.05) is 85.3 Å². The Morgan fingerprint density at radius 2 is 1.75 bits per heavy atom. The molecule has 1 atom stereocenters. The van der Waals surface area contributed by atoms with Crippen LogP contribution >= 0.6 is 0 Å². The molecule has 3 aromatic rings. The van der Waals surface area contributed by atoms with Gasteiger partial charge >= 0.3 is 0 Å². The molecule has 1 aliphatic rings. The van der Waals surface area contributed by atoms with E-state index >= 15 is 0 Å². The molecule has 0 aliphatic carbocycles. The van der Waals surface area contributed by atoms with Crippen LogP contribution in [0.5, 0.6) is 0 Å². The van der Waals surface area contributed by atoms with Gasteiger partial charge in [-0.25, -0.2) is 0 Å². The third-order valence-corrected chi connectivity index (χ3v) is 6.56. The molecule has 164 valence electrons. The highest BCUT2D eigenvalue weighted by molar-refractivity contribution is 5.80. The van der Waals surface area contributed by atoms with Gasteiger partial charge < -0.3 is 5.73 Å². The van der Waals surface area contributed by atoms with Crippen LogP contribution in [0.4, 0.5) is 0 Å². The molecular formula is C29H32N2O. The number of benzene rings is 3. The van der Waals surface area contributed by atoms with Gasteiger partial charge in [-0.15, -0.1) is 0 Å². The van der Waals surface area contributed by atoms with Gasteiger partial charge in [0.25, 0.3) is 0 Å². The Balaban J connectivity index is 1.51. The zero-order chi connectivity index (χ0) is 22.5. The smallest absolute Gasteiger partial charge is 0.234 e. The number of nitrogens with zero attached hydrogens (tertiary/aromatic N) is 1. The summed E-state index contributed by atoms with van der Waals surface area (Å²) in [4.78, 5) is 14.0. The molecular weight excluding hydrogens is 392 g/mol. The maximum atomic E-state index is 11.8. The predicted molar refractivity (Wildman–Crippen MR) is 134 cm³/mol. The number of primary amides is 1. The zero-order valence-corrected chi connectivity index (χ0v) is 19.1. The van der Waals surface area contributed by atoms with Crippen LogP contribution in [0.1, 0.15) is 47.1 Å². The molecule has 3 aromatic carbocycles. The first kappa shape index (κ1) is 22.0. The Morgan fingerprint density at radius 1 is 0.969 bits per heavy atom. The molecule has 0 radical (unpaired) electrons. The van der Waals surface area contributed by atoms with E-state index < -0.39 is 0 Å². The maximum Gasteiger partial charge on any atom is 0.234 e. The molecule has 3 nitrogen and oxygen atoms in total. The molecule has 2 N–H and O–H groups in total. The van der Waals surface area contributed by atoms with Crippen LogP contribution in [-0.4, -0.2) is 23.4 Å². The molecule has 1 heterocycles. The third kappa shape index (κ3) is 5.00. The first-order valence-corrected chi connectivity index (χ1v) is 11.5. The molecule has 1 unspecified atom stereocenters. The van der Waals surface area contributed by atoms with E-state index in [1.807, 2.05) is 6.07 Å². The summed E-state index contributed by atoms with van der Waals surface area (Å²) in [5.41, 5.74) is 14.3. The van der Waals surface area contributed by atoms with Gasteiger partial charge in [-0.3, -0.25) is 9.69 Å². The summed E-state index contributed by atoms with van der Waals surface area (Å²) in [6, 6.07) is 23.5. The summed E-state index contributed by atoms with van der Waals surface area (Å²) in [7, 11) is 0. The predicted octanol–water partition coefficient (Wildman–Crippen LogP) is 5.98. The van der Waals surface area contributed by atoms with E-state index in [1.165, 1.54) is 38.9 Å². The number of hydrogen-bond donors (Lipinski definition) is 1. The quantitative estimate of drug-likeness (QED) is 0.495. The lowest BCUT2D eigenvalue weighted by atomic mass is 9.95. The first-order chi connectivity index (χ1) is 15.5. The van der Waals surface area contributed by atoms with E-state index in [0.717, 1.165) is 32.4 Å². The van der Waals surface area contributed by atoms with Gasteiger partial charge in [-0.05, 0) is 72.2 Å². The van der Waals surface area contributed by atoms with E-state index in [1.54, 1.807) is 0 Å². The number of carbonyl (C=O) groups is 1. The van der Waals surface area contributed by atoms with E-state index in [-0.39, 0.29) is 11.9 Å². The Bertz CT molecular complexity index is 1120. The van der Waals surface area contributed by atoms with Gasteiger partial charge in [0.2, 0.25) is 5.91 Å². The van der Waals surface area contributed by atoms with Crippen molar-refractivity contribution in [2.45, 2.75) is 45.7 Å². The molecule has 4 rings (SSSR count). The molecule has 0 aromatic heterocycles. The normalized spacial score (nSPS) is 17.0. The van der Waals surface area contributed by atoms with Crippen molar-refractivity contribution in [3.8, 4) is 11.1 Å². The number of nitrogens with two attached hydrogens (primary N) is 1. The number of aryl methyl sites for hydroxylation is 1. The van der Waals surface area contributed by atoms with Crippen LogP contribution in [0.2, 0.25) is 0 Å². The molecule has 1 fully saturated rings. The Morgan fingerprint density at radius 3 is 2.50 bits per heavy atom. The van der Waals surface area contributed by atoms with Crippen molar-refractivity contribution in [1.29, 1.82) is 0 Å². The minimum absolute atomic E-state index is 0.136. The van der Waals surface area contributed by atoms with E-state index in [9.17, 15) is 4.79 Å². The number of amides is 1. The summed E-state index contributed by atoms with van der Waals surface area (Å²) in [5.74, 6) is -0.200. The summed E-state index contributed by atoms with van der Waals surface area (Å²) in [6.07, 6.45) is 7.49. The van der Waals surface area contributed by atoms with Gasteiger partial charge in [-0.2, -0.15) is 0 Å². The summed E-state index contributed by atoms with van der Waals surface area (Å²) < 4.78 is 0. The summed E-state index contributed by atoms with van der Waals surface area (Å²) in [5, 5.41) is 0. The molecule has 32 heavy (non-hydrogen) atoms. The van der Waals surface area contributed by atoms with E-state index in [4.69, 9.17) is 5.73 Å². The van der Waals surface area contributed by atoms with Crippen LogP contribution in [0.25, 0.3) is 23.3 Å². The SMILES string of the molecule is Cc1cc(CN2CCCCC2C(N)=O)ccc1/C=C/c1cccc(-c2ccccc2)c1C. The number of carbonyl (C=O) groups excluding carboxylic acids is 1. The van der Waals surface area contributed by atoms with E-state index in [0.29, 0.717) is 0 Å². The highest BCUT2D eigenvalue weighted by Gasteiger charge is 2.26. The van der Waals surface area contributed by atoms with Crippen molar-refractivity contribution in [3.63, 3.8) is 0 Å². The highest BCUT2D eigenvalue weighted by atomic mass is 16.1. The molecule has 0 bridgehead atoms. The van der Waals surface area contributed by atoms with Crippen molar-refractivity contribution < 1.29 is 4.79 Å².